The van der Waals surface area contributed by atoms with Crippen molar-refractivity contribution in [3.8, 4) is 0 Å². The van der Waals surface area contributed by atoms with E-state index in [0.29, 0.717) is 35.0 Å². The Kier molecular flexibility index (Phi) is 6.20. The highest BCUT2D eigenvalue weighted by Crippen LogP contribution is 2.25. The van der Waals surface area contributed by atoms with Crippen molar-refractivity contribution in [2.75, 3.05) is 5.73 Å². The first kappa shape index (κ1) is 20.4. The number of nitrogens with two attached hydrogens (primary N) is 2. The van der Waals surface area contributed by atoms with Gasteiger partial charge in [-0.25, -0.2) is 19.0 Å². The lowest BCUT2D eigenvalue weighted by Gasteiger charge is -2.17. The quantitative estimate of drug-likeness (QED) is 0.545. The van der Waals surface area contributed by atoms with Crippen molar-refractivity contribution >= 4 is 29.0 Å². The Balaban J connectivity index is 2.53. The number of carbonyl (C=O) groups is 1. The van der Waals surface area contributed by atoms with Crippen LogP contribution in [0.25, 0.3) is 0 Å². The summed E-state index contributed by atoms with van der Waals surface area (Å²) in [5.41, 5.74) is 14.1. The zero-order chi connectivity index (χ0) is 20.3. The number of urea groups is 1. The van der Waals surface area contributed by atoms with E-state index >= 15 is 0 Å². The van der Waals surface area contributed by atoms with E-state index in [0.717, 1.165) is 5.71 Å². The van der Waals surface area contributed by atoms with E-state index in [2.05, 4.69) is 47.7 Å². The first-order chi connectivity index (χ1) is 12.6. The summed E-state index contributed by atoms with van der Waals surface area (Å²) >= 11 is 0. The van der Waals surface area contributed by atoms with E-state index in [1.54, 1.807) is 10.9 Å². The summed E-state index contributed by atoms with van der Waals surface area (Å²) in [5, 5.41) is 6.94. The number of amides is 2. The van der Waals surface area contributed by atoms with Crippen LogP contribution < -0.4 is 16.8 Å². The van der Waals surface area contributed by atoms with Crippen molar-refractivity contribution < 1.29 is 9.37 Å². The molecule has 27 heavy (non-hydrogen) atoms. The van der Waals surface area contributed by atoms with Crippen LogP contribution in [0.1, 0.15) is 47.6 Å². The molecule has 0 fully saturated rings. The van der Waals surface area contributed by atoms with Crippen LogP contribution in [0, 0.1) is 0 Å². The average molecular weight is 372 g/mol. The van der Waals surface area contributed by atoms with Gasteiger partial charge in [0.05, 0.1) is 17.6 Å². The molecule has 1 aromatic rings. The second-order valence-electron chi connectivity index (χ2n) is 7.35. The largest absolute Gasteiger partial charge is 0.382 e. The standard InChI is InChI=1S/C19H29N7O/c1-11(2)25(12(3)4)14-7-8-15(16(9-14)24-19(21)27)23-17-10-22-26(13(5)6)18(17)20/h7-13H,1-6H3,(H4,20,21,22,24,27)/p+1. The number of primary amides is 1. The van der Waals surface area contributed by atoms with Gasteiger partial charge in [0.15, 0.2) is 0 Å². The van der Waals surface area contributed by atoms with Crippen molar-refractivity contribution in [2.24, 2.45) is 10.7 Å². The number of hydrogen-bond donors (Lipinski definition) is 3. The maximum Gasteiger partial charge on any atom is 0.316 e. The number of nitrogens with zero attached hydrogens (tertiary/aromatic N) is 4. The molecule has 0 spiro atoms. The fourth-order valence-electron chi connectivity index (χ4n) is 3.20. The van der Waals surface area contributed by atoms with Gasteiger partial charge < -0.3 is 16.8 Å². The predicted octanol–water partition coefficient (Wildman–Crippen LogP) is 2.51. The van der Waals surface area contributed by atoms with Crippen molar-refractivity contribution in [3.05, 3.63) is 30.1 Å². The highest BCUT2D eigenvalue weighted by molar-refractivity contribution is 6.21. The van der Waals surface area contributed by atoms with Gasteiger partial charge in [0, 0.05) is 18.2 Å². The second-order valence-corrected chi connectivity index (χ2v) is 7.35. The Morgan fingerprint density at radius 3 is 2.30 bits per heavy atom. The van der Waals surface area contributed by atoms with Gasteiger partial charge in [-0.3, -0.25) is 0 Å². The van der Waals surface area contributed by atoms with Crippen molar-refractivity contribution in [1.29, 1.82) is 0 Å². The monoisotopic (exact) mass is 372 g/mol. The first-order valence-corrected chi connectivity index (χ1v) is 9.15. The summed E-state index contributed by atoms with van der Waals surface area (Å²) in [7, 11) is 0. The normalized spacial score (nSPS) is 15.8. The molecular formula is C19H30N7O+. The lowest BCUT2D eigenvalue weighted by atomic mass is 10.1. The molecule has 0 aromatic carbocycles. The number of aliphatic imine (C=N–C) groups is 1. The van der Waals surface area contributed by atoms with Crippen LogP contribution in [0.4, 0.5) is 16.3 Å². The van der Waals surface area contributed by atoms with Gasteiger partial charge in [0.2, 0.25) is 5.71 Å². The predicted molar refractivity (Wildman–Crippen MR) is 110 cm³/mol. The highest BCUT2D eigenvalue weighted by Gasteiger charge is 2.23. The molecule has 2 amide bonds. The van der Waals surface area contributed by atoms with Crippen LogP contribution in [0.5, 0.6) is 0 Å². The van der Waals surface area contributed by atoms with Crippen molar-refractivity contribution in [2.45, 2.75) is 59.7 Å². The number of rotatable bonds is 5. The van der Waals surface area contributed by atoms with Gasteiger partial charge in [0.1, 0.15) is 23.6 Å². The number of nitrogen functional groups attached to an aromatic ring is 1. The Hall–Kier alpha value is -2.90. The van der Waals surface area contributed by atoms with Crippen LogP contribution in [0.2, 0.25) is 0 Å². The number of nitrogens with one attached hydrogen (secondary N) is 1. The Morgan fingerprint density at radius 2 is 1.81 bits per heavy atom. The third-order valence-electron chi connectivity index (χ3n) is 4.19. The summed E-state index contributed by atoms with van der Waals surface area (Å²) in [6.45, 7) is 12.5. The van der Waals surface area contributed by atoms with E-state index < -0.39 is 6.03 Å². The number of carbonyl (C=O) groups excluding carboxylic acids is 1. The summed E-state index contributed by atoms with van der Waals surface area (Å²) in [5.74, 6) is 0.477. The molecule has 1 aliphatic rings. The van der Waals surface area contributed by atoms with Gasteiger partial charge in [-0.1, -0.05) is 0 Å². The molecule has 1 aliphatic carbocycles. The van der Waals surface area contributed by atoms with Crippen LogP contribution in [-0.2, 0) is 0 Å². The molecule has 2 rings (SSSR count). The van der Waals surface area contributed by atoms with E-state index in [-0.39, 0.29) is 6.04 Å². The average Bonchev–Trinajstić information content (AvgIpc) is 2.89. The zero-order valence-corrected chi connectivity index (χ0v) is 16.9. The fourth-order valence-corrected chi connectivity index (χ4v) is 3.20. The summed E-state index contributed by atoms with van der Waals surface area (Å²) in [6.07, 6.45) is 7.33. The van der Waals surface area contributed by atoms with E-state index in [1.165, 1.54) is 0 Å². The molecule has 8 heteroatoms. The smallest absolute Gasteiger partial charge is 0.316 e. The highest BCUT2D eigenvalue weighted by atomic mass is 16.2. The maximum atomic E-state index is 11.5. The van der Waals surface area contributed by atoms with Gasteiger partial charge in [-0.2, -0.15) is 5.10 Å². The first-order valence-electron chi connectivity index (χ1n) is 9.15. The maximum absolute atomic E-state index is 11.5. The summed E-state index contributed by atoms with van der Waals surface area (Å²) in [6, 6.07) is 0.0866. The number of allylic oxidation sites excluding steroid dienone is 3. The van der Waals surface area contributed by atoms with Gasteiger partial charge >= 0.3 is 6.03 Å². The molecule has 8 nitrogen and oxygen atoms in total. The molecule has 0 unspecified atom stereocenters. The minimum atomic E-state index is -0.643. The molecule has 1 heterocycles. The number of hydrogen-bond acceptors (Lipinski definition) is 4. The van der Waals surface area contributed by atoms with Gasteiger partial charge in [-0.05, 0) is 47.6 Å². The third-order valence-corrected chi connectivity index (χ3v) is 4.19. The fraction of sp³-hybridized carbons (Fsp3) is 0.474. The lowest BCUT2D eigenvalue weighted by Crippen LogP contribution is -2.36. The topological polar surface area (TPSA) is 114 Å². The molecule has 0 atom stereocenters. The molecule has 0 aliphatic heterocycles. The van der Waals surface area contributed by atoms with Crippen LogP contribution in [0.15, 0.2) is 35.1 Å². The Bertz CT molecular complexity index is 828. The molecule has 0 radical (unpaired) electrons. The van der Waals surface area contributed by atoms with Crippen molar-refractivity contribution in [1.82, 2.24) is 15.1 Å². The second kappa shape index (κ2) is 8.20. The van der Waals surface area contributed by atoms with Crippen LogP contribution >= 0.6 is 0 Å². The molecule has 0 bridgehead atoms. The number of aromatic nitrogens is 2. The van der Waals surface area contributed by atoms with Crippen molar-refractivity contribution in [3.63, 3.8) is 0 Å². The van der Waals surface area contributed by atoms with Gasteiger partial charge in [0.25, 0.3) is 0 Å². The zero-order valence-electron chi connectivity index (χ0n) is 16.9. The lowest BCUT2D eigenvalue weighted by molar-refractivity contribution is -0.586. The Morgan fingerprint density at radius 1 is 1.19 bits per heavy atom. The molecule has 1 aromatic heterocycles. The minimum absolute atomic E-state index is 0.130. The van der Waals surface area contributed by atoms with Crippen LogP contribution in [-0.4, -0.2) is 43.9 Å². The minimum Gasteiger partial charge on any atom is -0.382 e. The molecule has 0 saturated carbocycles. The molecule has 0 saturated heterocycles. The van der Waals surface area contributed by atoms with E-state index in [1.807, 2.05) is 32.1 Å². The molecule has 5 N–H and O–H groups in total. The van der Waals surface area contributed by atoms with E-state index in [4.69, 9.17) is 11.5 Å². The van der Waals surface area contributed by atoms with Gasteiger partial charge in [-0.15, -0.1) is 0 Å². The van der Waals surface area contributed by atoms with E-state index in [9.17, 15) is 4.79 Å². The summed E-state index contributed by atoms with van der Waals surface area (Å²) < 4.78 is 3.95. The SMILES string of the molecule is CC(C)n1ncc(/N=C2/C=CC(=[N+](C(C)C)C(C)C)C=C2NC(N)=O)c1N. The number of anilines is 1. The Labute approximate surface area is 160 Å². The summed E-state index contributed by atoms with van der Waals surface area (Å²) in [4.78, 5) is 16.1. The third kappa shape index (κ3) is 4.64. The van der Waals surface area contributed by atoms with Crippen LogP contribution in [0.3, 0.4) is 0 Å². The molecular weight excluding hydrogens is 342 g/mol. The molecule has 146 valence electrons.